The minimum Gasteiger partial charge on any atom is -0.497 e. The van der Waals surface area contributed by atoms with E-state index in [2.05, 4.69) is 10.6 Å². The third-order valence-corrected chi connectivity index (χ3v) is 7.51. The summed E-state index contributed by atoms with van der Waals surface area (Å²) in [6.45, 7) is 0.623. The van der Waals surface area contributed by atoms with Gasteiger partial charge in [0.25, 0.3) is 0 Å². The summed E-state index contributed by atoms with van der Waals surface area (Å²) in [4.78, 5) is 12.4. The minimum absolute atomic E-state index is 0.0928. The van der Waals surface area contributed by atoms with Crippen molar-refractivity contribution in [3.8, 4) is 5.75 Å². The van der Waals surface area contributed by atoms with Crippen LogP contribution in [0, 0.1) is 0 Å². The van der Waals surface area contributed by atoms with Gasteiger partial charge in [-0.25, -0.2) is 8.42 Å². The van der Waals surface area contributed by atoms with Crippen molar-refractivity contribution in [2.75, 3.05) is 25.5 Å². The molecule has 0 saturated heterocycles. The smallest absolute Gasteiger partial charge is 0.239 e. The molecule has 0 heterocycles. The molecule has 2 N–H and O–H groups in total. The van der Waals surface area contributed by atoms with Gasteiger partial charge in [0.2, 0.25) is 5.91 Å². The van der Waals surface area contributed by atoms with Gasteiger partial charge in [0.1, 0.15) is 5.75 Å². The third-order valence-electron chi connectivity index (χ3n) is 5.25. The second-order valence-electron chi connectivity index (χ2n) is 7.28. The van der Waals surface area contributed by atoms with E-state index in [1.165, 1.54) is 0 Å². The average Bonchev–Trinajstić information content (AvgIpc) is 3.29. The summed E-state index contributed by atoms with van der Waals surface area (Å²) in [5.41, 5.74) is 1.75. The van der Waals surface area contributed by atoms with Gasteiger partial charge in [-0.1, -0.05) is 31.0 Å². The molecule has 0 atom stereocenters. The molecule has 3 rings (SSSR count). The van der Waals surface area contributed by atoms with Crippen LogP contribution in [0.25, 0.3) is 0 Å². The number of hydrogen-bond donors (Lipinski definition) is 2. The molecule has 29 heavy (non-hydrogen) atoms. The van der Waals surface area contributed by atoms with E-state index < -0.39 is 9.84 Å². The lowest BCUT2D eigenvalue weighted by molar-refractivity contribution is -0.119. The highest BCUT2D eigenvalue weighted by molar-refractivity contribution is 7.92. The van der Waals surface area contributed by atoms with Crippen molar-refractivity contribution in [3.63, 3.8) is 0 Å². The maximum absolute atomic E-state index is 12.7. The Morgan fingerprint density at radius 3 is 2.52 bits per heavy atom. The third kappa shape index (κ3) is 5.73. The van der Waals surface area contributed by atoms with Crippen LogP contribution < -0.4 is 15.4 Å². The van der Waals surface area contributed by atoms with Crippen molar-refractivity contribution < 1.29 is 17.9 Å². The molecule has 2 aromatic rings. The molecule has 156 valence electrons. The number of carbonyl (C=O) groups is 1. The van der Waals surface area contributed by atoms with E-state index in [-0.39, 0.29) is 17.7 Å². The fourth-order valence-corrected chi connectivity index (χ4v) is 5.46. The van der Waals surface area contributed by atoms with Gasteiger partial charge in [-0.05, 0) is 55.2 Å². The maximum atomic E-state index is 12.7. The molecule has 1 aliphatic rings. The van der Waals surface area contributed by atoms with Crippen molar-refractivity contribution in [1.29, 1.82) is 0 Å². The Morgan fingerprint density at radius 2 is 1.83 bits per heavy atom. The Kier molecular flexibility index (Phi) is 7.14. The van der Waals surface area contributed by atoms with Crippen LogP contribution in [0.2, 0.25) is 0 Å². The van der Waals surface area contributed by atoms with Crippen molar-refractivity contribution in [3.05, 3.63) is 54.1 Å². The highest BCUT2D eigenvalue weighted by Crippen LogP contribution is 2.30. The SMILES string of the molecule is COc1ccc(CCNC(=O)CNc2cccc(S(=O)(=O)C3CCCC3)c2)cc1. The molecule has 1 saturated carbocycles. The fourth-order valence-electron chi connectivity index (χ4n) is 3.56. The summed E-state index contributed by atoms with van der Waals surface area (Å²) in [6.07, 6.45) is 4.13. The lowest BCUT2D eigenvalue weighted by Gasteiger charge is -2.13. The number of hydrogen-bond acceptors (Lipinski definition) is 5. The summed E-state index contributed by atoms with van der Waals surface area (Å²) >= 11 is 0. The molecule has 0 bridgehead atoms. The largest absolute Gasteiger partial charge is 0.497 e. The Bertz CT molecular complexity index is 920. The Morgan fingerprint density at radius 1 is 1.10 bits per heavy atom. The fraction of sp³-hybridized carbons (Fsp3) is 0.409. The average molecular weight is 417 g/mol. The van der Waals surface area contributed by atoms with Gasteiger partial charge in [-0.15, -0.1) is 0 Å². The molecule has 2 aromatic carbocycles. The van der Waals surface area contributed by atoms with E-state index in [9.17, 15) is 13.2 Å². The number of amides is 1. The van der Waals surface area contributed by atoms with Gasteiger partial charge in [-0.2, -0.15) is 0 Å². The van der Waals surface area contributed by atoms with Crippen molar-refractivity contribution in [2.45, 2.75) is 42.2 Å². The number of benzene rings is 2. The van der Waals surface area contributed by atoms with Crippen LogP contribution in [0.5, 0.6) is 5.75 Å². The van der Waals surface area contributed by atoms with E-state index in [1.807, 2.05) is 24.3 Å². The van der Waals surface area contributed by atoms with Crippen LogP contribution in [0.1, 0.15) is 31.2 Å². The van der Waals surface area contributed by atoms with E-state index in [0.717, 1.165) is 43.4 Å². The number of nitrogens with one attached hydrogen (secondary N) is 2. The zero-order chi connectivity index (χ0) is 20.7. The van der Waals surface area contributed by atoms with E-state index in [1.54, 1.807) is 31.4 Å². The van der Waals surface area contributed by atoms with Crippen LogP contribution in [0.4, 0.5) is 5.69 Å². The first kappa shape index (κ1) is 21.2. The zero-order valence-corrected chi connectivity index (χ0v) is 17.5. The number of rotatable bonds is 9. The van der Waals surface area contributed by atoms with Gasteiger partial charge in [0, 0.05) is 12.2 Å². The molecule has 7 heteroatoms. The Balaban J connectivity index is 1.47. The zero-order valence-electron chi connectivity index (χ0n) is 16.7. The maximum Gasteiger partial charge on any atom is 0.239 e. The molecular weight excluding hydrogens is 388 g/mol. The van der Waals surface area contributed by atoms with E-state index >= 15 is 0 Å². The van der Waals surface area contributed by atoms with Crippen LogP contribution in [-0.2, 0) is 21.1 Å². The van der Waals surface area contributed by atoms with Crippen LogP contribution in [0.15, 0.2) is 53.4 Å². The second kappa shape index (κ2) is 9.78. The lowest BCUT2D eigenvalue weighted by Crippen LogP contribution is -2.31. The minimum atomic E-state index is -3.30. The monoisotopic (exact) mass is 416 g/mol. The summed E-state index contributed by atoms with van der Waals surface area (Å²) in [7, 11) is -1.67. The van der Waals surface area contributed by atoms with Gasteiger partial charge in [0.05, 0.1) is 23.8 Å². The highest BCUT2D eigenvalue weighted by Gasteiger charge is 2.30. The van der Waals surface area contributed by atoms with Crippen LogP contribution in [-0.4, -0.2) is 39.8 Å². The van der Waals surface area contributed by atoms with E-state index in [0.29, 0.717) is 17.1 Å². The van der Waals surface area contributed by atoms with Gasteiger partial charge in [0.15, 0.2) is 9.84 Å². The predicted molar refractivity (Wildman–Crippen MR) is 114 cm³/mol. The first-order valence-electron chi connectivity index (χ1n) is 9.96. The van der Waals surface area contributed by atoms with Gasteiger partial charge < -0.3 is 15.4 Å². The van der Waals surface area contributed by atoms with Crippen LogP contribution >= 0.6 is 0 Å². The number of methoxy groups -OCH3 is 1. The quantitative estimate of drug-likeness (QED) is 0.656. The highest BCUT2D eigenvalue weighted by atomic mass is 32.2. The molecule has 0 unspecified atom stereocenters. The molecule has 0 aliphatic heterocycles. The van der Waals surface area contributed by atoms with Crippen molar-refractivity contribution >= 4 is 21.4 Å². The Hall–Kier alpha value is -2.54. The summed E-state index contributed by atoms with van der Waals surface area (Å²) < 4.78 is 30.6. The van der Waals surface area contributed by atoms with Crippen molar-refractivity contribution in [1.82, 2.24) is 5.32 Å². The van der Waals surface area contributed by atoms with Crippen molar-refractivity contribution in [2.24, 2.45) is 0 Å². The molecular formula is C22H28N2O4S. The number of ether oxygens (including phenoxy) is 1. The summed E-state index contributed by atoms with van der Waals surface area (Å²) in [5.74, 6) is 0.668. The number of anilines is 1. The molecule has 1 amide bonds. The molecule has 0 aromatic heterocycles. The first-order chi connectivity index (χ1) is 14.0. The summed E-state index contributed by atoms with van der Waals surface area (Å²) in [5, 5.41) is 5.61. The van der Waals surface area contributed by atoms with Gasteiger partial charge >= 0.3 is 0 Å². The topological polar surface area (TPSA) is 84.5 Å². The molecule has 1 aliphatic carbocycles. The molecule has 0 radical (unpaired) electrons. The van der Waals surface area contributed by atoms with Gasteiger partial charge in [-0.3, -0.25) is 4.79 Å². The Labute approximate surface area is 172 Å². The molecule has 0 spiro atoms. The molecule has 6 nitrogen and oxygen atoms in total. The summed E-state index contributed by atoms with van der Waals surface area (Å²) in [6, 6.07) is 14.5. The first-order valence-corrected chi connectivity index (χ1v) is 11.5. The number of carbonyl (C=O) groups excluding carboxylic acids is 1. The second-order valence-corrected chi connectivity index (χ2v) is 9.51. The standard InChI is InChI=1S/C22H28N2O4S/c1-28-19-11-9-17(10-12-19)13-14-23-22(25)16-24-18-5-4-8-21(15-18)29(26,27)20-6-2-3-7-20/h4-5,8-12,15,20,24H,2-3,6-7,13-14,16H2,1H3,(H,23,25). The normalized spacial score (nSPS) is 14.5. The van der Waals surface area contributed by atoms with Crippen LogP contribution in [0.3, 0.4) is 0 Å². The molecule has 1 fully saturated rings. The predicted octanol–water partition coefficient (Wildman–Crippen LogP) is 3.18. The van der Waals surface area contributed by atoms with E-state index in [4.69, 9.17) is 4.74 Å². The number of sulfone groups is 1. The lowest BCUT2D eigenvalue weighted by atomic mass is 10.1.